The molecule has 0 heterocycles. The van der Waals surface area contributed by atoms with Gasteiger partial charge in [0.15, 0.2) is 0 Å². The Hall–Kier alpha value is -1.05. The topological polar surface area (TPSA) is 29.1 Å². The Kier molecular flexibility index (Phi) is 5.16. The first-order chi connectivity index (χ1) is 7.24. The Bertz CT molecular complexity index is 262. The van der Waals surface area contributed by atoms with E-state index >= 15 is 0 Å². The van der Waals surface area contributed by atoms with Crippen LogP contribution < -0.4 is 5.32 Å². The van der Waals surface area contributed by atoms with Crippen LogP contribution in [-0.2, 0) is 4.79 Å². The van der Waals surface area contributed by atoms with E-state index in [0.29, 0.717) is 6.04 Å². The largest absolute Gasteiger partial charge is 0.350 e. The Morgan fingerprint density at radius 2 is 2.07 bits per heavy atom. The number of allylic oxidation sites excluding steroid dienone is 3. The van der Waals surface area contributed by atoms with Gasteiger partial charge in [-0.3, -0.25) is 4.79 Å². The fraction of sp³-hybridized carbons (Fsp3) is 0.615. The maximum Gasteiger partial charge on any atom is 0.246 e. The number of nitrogens with one attached hydrogen (secondary N) is 1. The van der Waals surface area contributed by atoms with Crippen molar-refractivity contribution in [3.05, 3.63) is 23.8 Å². The third-order valence-electron chi connectivity index (χ3n) is 2.46. The molecular formula is C13H21NO. The molecule has 1 N–H and O–H groups in total. The van der Waals surface area contributed by atoms with Crippen LogP contribution in [0.2, 0.25) is 0 Å². The summed E-state index contributed by atoms with van der Waals surface area (Å²) < 4.78 is 0. The van der Waals surface area contributed by atoms with Crippen molar-refractivity contribution in [2.24, 2.45) is 0 Å². The first-order valence-electron chi connectivity index (χ1n) is 5.86. The normalized spacial score (nSPS) is 17.1. The summed E-state index contributed by atoms with van der Waals surface area (Å²) in [5.41, 5.74) is 0.854. The van der Waals surface area contributed by atoms with E-state index in [1.807, 2.05) is 13.0 Å². The van der Waals surface area contributed by atoms with Crippen molar-refractivity contribution in [2.75, 3.05) is 0 Å². The predicted molar refractivity (Wildman–Crippen MR) is 63.6 cm³/mol. The SMILES string of the molecule is CCC=CCCC=C(C)C(=O)NC1CC1. The van der Waals surface area contributed by atoms with E-state index in [0.717, 1.165) is 37.7 Å². The molecule has 0 unspecified atom stereocenters. The molecule has 0 radical (unpaired) electrons. The maximum atomic E-state index is 11.5. The minimum atomic E-state index is 0.108. The molecule has 1 amide bonds. The summed E-state index contributed by atoms with van der Waals surface area (Å²) in [6.45, 7) is 4.02. The smallest absolute Gasteiger partial charge is 0.246 e. The molecule has 84 valence electrons. The first-order valence-corrected chi connectivity index (χ1v) is 5.86. The number of hydrogen-bond acceptors (Lipinski definition) is 1. The molecule has 0 aromatic carbocycles. The average molecular weight is 207 g/mol. The number of carbonyl (C=O) groups is 1. The zero-order chi connectivity index (χ0) is 11.1. The zero-order valence-corrected chi connectivity index (χ0v) is 9.75. The molecule has 0 spiro atoms. The zero-order valence-electron chi connectivity index (χ0n) is 9.75. The van der Waals surface area contributed by atoms with Crippen LogP contribution in [-0.4, -0.2) is 11.9 Å². The van der Waals surface area contributed by atoms with Gasteiger partial charge >= 0.3 is 0 Å². The van der Waals surface area contributed by atoms with E-state index in [9.17, 15) is 4.79 Å². The fourth-order valence-electron chi connectivity index (χ4n) is 1.30. The van der Waals surface area contributed by atoms with Gasteiger partial charge in [-0.25, -0.2) is 0 Å². The molecule has 1 rings (SSSR count). The van der Waals surface area contributed by atoms with Gasteiger partial charge < -0.3 is 5.32 Å². The van der Waals surface area contributed by atoms with Gasteiger partial charge in [-0.15, -0.1) is 0 Å². The Morgan fingerprint density at radius 1 is 1.33 bits per heavy atom. The Morgan fingerprint density at radius 3 is 2.67 bits per heavy atom. The average Bonchev–Trinajstić information content (AvgIpc) is 3.01. The van der Waals surface area contributed by atoms with Crippen LogP contribution in [0.15, 0.2) is 23.8 Å². The van der Waals surface area contributed by atoms with E-state index in [1.54, 1.807) is 0 Å². The van der Waals surface area contributed by atoms with Crippen LogP contribution in [0, 0.1) is 0 Å². The second-order valence-corrected chi connectivity index (χ2v) is 4.09. The molecule has 0 aromatic heterocycles. The van der Waals surface area contributed by atoms with Gasteiger partial charge in [-0.05, 0) is 39.0 Å². The van der Waals surface area contributed by atoms with E-state index in [2.05, 4.69) is 24.4 Å². The number of unbranched alkanes of at least 4 members (excludes halogenated alkanes) is 1. The van der Waals surface area contributed by atoms with Crippen molar-refractivity contribution in [1.82, 2.24) is 5.32 Å². The van der Waals surface area contributed by atoms with Crippen LogP contribution in [0.3, 0.4) is 0 Å². The van der Waals surface area contributed by atoms with E-state index < -0.39 is 0 Å². The summed E-state index contributed by atoms with van der Waals surface area (Å²) >= 11 is 0. The number of hydrogen-bond donors (Lipinski definition) is 1. The maximum absolute atomic E-state index is 11.5. The summed E-state index contributed by atoms with van der Waals surface area (Å²) in [6.07, 6.45) is 11.7. The molecule has 15 heavy (non-hydrogen) atoms. The van der Waals surface area contributed by atoms with Crippen molar-refractivity contribution in [3.63, 3.8) is 0 Å². The van der Waals surface area contributed by atoms with Crippen molar-refractivity contribution in [3.8, 4) is 0 Å². The lowest BCUT2D eigenvalue weighted by Gasteiger charge is -2.02. The highest BCUT2D eigenvalue weighted by Crippen LogP contribution is 2.19. The lowest BCUT2D eigenvalue weighted by atomic mass is 10.2. The molecule has 0 aliphatic heterocycles. The lowest BCUT2D eigenvalue weighted by molar-refractivity contribution is -0.117. The third kappa shape index (κ3) is 5.40. The highest BCUT2D eigenvalue weighted by atomic mass is 16.1. The van der Waals surface area contributed by atoms with Gasteiger partial charge in [0.25, 0.3) is 0 Å². The van der Waals surface area contributed by atoms with E-state index in [1.165, 1.54) is 0 Å². The van der Waals surface area contributed by atoms with Crippen LogP contribution in [0.5, 0.6) is 0 Å². The van der Waals surface area contributed by atoms with Crippen LogP contribution in [0.1, 0.15) is 46.0 Å². The van der Waals surface area contributed by atoms with Crippen molar-refractivity contribution in [2.45, 2.75) is 52.0 Å². The standard InChI is InChI=1S/C13H21NO/c1-3-4-5-6-7-8-11(2)13(15)14-12-9-10-12/h4-5,8,12H,3,6-7,9-10H2,1-2H3,(H,14,15). The molecule has 1 aliphatic carbocycles. The van der Waals surface area contributed by atoms with Gasteiger partial charge in [-0.1, -0.05) is 25.2 Å². The van der Waals surface area contributed by atoms with Gasteiger partial charge in [0.05, 0.1) is 0 Å². The number of amides is 1. The minimum absolute atomic E-state index is 0.108. The first kappa shape index (κ1) is 12.0. The monoisotopic (exact) mass is 207 g/mol. The molecule has 0 saturated heterocycles. The Labute approximate surface area is 92.4 Å². The predicted octanol–water partition coefficient (Wildman–Crippen LogP) is 2.96. The molecule has 1 fully saturated rings. The van der Waals surface area contributed by atoms with Gasteiger partial charge in [-0.2, -0.15) is 0 Å². The molecule has 2 nitrogen and oxygen atoms in total. The van der Waals surface area contributed by atoms with Crippen LogP contribution in [0.4, 0.5) is 0 Å². The highest BCUT2D eigenvalue weighted by Gasteiger charge is 2.23. The number of rotatable bonds is 6. The fourth-order valence-corrected chi connectivity index (χ4v) is 1.30. The van der Waals surface area contributed by atoms with Gasteiger partial charge in [0, 0.05) is 11.6 Å². The second kappa shape index (κ2) is 6.44. The molecule has 0 aromatic rings. The summed E-state index contributed by atoms with van der Waals surface area (Å²) in [6, 6.07) is 0.459. The summed E-state index contributed by atoms with van der Waals surface area (Å²) in [5.74, 6) is 0.108. The Balaban J connectivity index is 2.18. The van der Waals surface area contributed by atoms with Crippen molar-refractivity contribution < 1.29 is 4.79 Å². The third-order valence-corrected chi connectivity index (χ3v) is 2.46. The summed E-state index contributed by atoms with van der Waals surface area (Å²) in [5, 5.41) is 2.98. The molecule has 1 aliphatic rings. The van der Waals surface area contributed by atoms with Gasteiger partial charge in [0.1, 0.15) is 0 Å². The van der Waals surface area contributed by atoms with Crippen molar-refractivity contribution in [1.29, 1.82) is 0 Å². The number of carbonyl (C=O) groups excluding carboxylic acids is 1. The van der Waals surface area contributed by atoms with E-state index in [-0.39, 0.29) is 5.91 Å². The highest BCUT2D eigenvalue weighted by molar-refractivity contribution is 5.93. The molecule has 0 atom stereocenters. The summed E-state index contributed by atoms with van der Waals surface area (Å²) in [4.78, 5) is 11.5. The van der Waals surface area contributed by atoms with Crippen molar-refractivity contribution >= 4 is 5.91 Å². The molecular weight excluding hydrogens is 186 g/mol. The van der Waals surface area contributed by atoms with Crippen LogP contribution >= 0.6 is 0 Å². The molecule has 0 bridgehead atoms. The quantitative estimate of drug-likeness (QED) is 0.405. The lowest BCUT2D eigenvalue weighted by Crippen LogP contribution is -2.25. The molecule has 2 heteroatoms. The second-order valence-electron chi connectivity index (χ2n) is 4.09. The molecule has 1 saturated carbocycles. The van der Waals surface area contributed by atoms with E-state index in [4.69, 9.17) is 0 Å². The summed E-state index contributed by atoms with van der Waals surface area (Å²) in [7, 11) is 0. The van der Waals surface area contributed by atoms with Crippen LogP contribution in [0.25, 0.3) is 0 Å². The van der Waals surface area contributed by atoms with Gasteiger partial charge in [0.2, 0.25) is 5.91 Å². The minimum Gasteiger partial charge on any atom is -0.350 e.